The van der Waals surface area contributed by atoms with Crippen molar-refractivity contribution in [1.82, 2.24) is 10.2 Å². The number of rotatable bonds is 2. The van der Waals surface area contributed by atoms with Gasteiger partial charge in [-0.15, -0.1) is 0 Å². The van der Waals surface area contributed by atoms with Crippen molar-refractivity contribution >= 4 is 28.4 Å². The zero-order valence-corrected chi connectivity index (χ0v) is 13.9. The Morgan fingerprint density at radius 3 is 2.43 bits per heavy atom. The number of piperidine rings is 1. The van der Waals surface area contributed by atoms with Crippen LogP contribution in [0.25, 0.3) is 0 Å². The van der Waals surface area contributed by atoms with E-state index in [1.807, 2.05) is 0 Å². The first-order chi connectivity index (χ1) is 11.0. The minimum absolute atomic E-state index is 0.0424. The molecule has 3 rings (SSSR count). The van der Waals surface area contributed by atoms with E-state index >= 15 is 0 Å². The molecule has 1 atom stereocenters. The van der Waals surface area contributed by atoms with E-state index in [1.54, 1.807) is 35.4 Å². The molecule has 1 aromatic carbocycles. The molecular formula is C16H21N3O3S. The Labute approximate surface area is 138 Å². The molecule has 1 spiro atoms. The van der Waals surface area contributed by atoms with Gasteiger partial charge in [0.05, 0.1) is 0 Å². The van der Waals surface area contributed by atoms with Crippen LogP contribution in [0.1, 0.15) is 19.3 Å². The first kappa shape index (κ1) is 16.0. The largest absolute Gasteiger partial charge is 0.356 e. The van der Waals surface area contributed by atoms with Crippen molar-refractivity contribution < 1.29 is 13.8 Å². The highest BCUT2D eigenvalue weighted by Gasteiger charge is 2.41. The molecule has 1 unspecified atom stereocenters. The Morgan fingerprint density at radius 2 is 1.91 bits per heavy atom. The normalized spacial score (nSPS) is 21.1. The third-order valence-electron chi connectivity index (χ3n) is 4.74. The minimum atomic E-state index is -1.02. The fourth-order valence-electron chi connectivity index (χ4n) is 3.22. The highest BCUT2D eigenvalue weighted by Crippen LogP contribution is 2.37. The van der Waals surface area contributed by atoms with E-state index in [9.17, 15) is 13.8 Å². The summed E-state index contributed by atoms with van der Waals surface area (Å²) in [5.41, 5.74) is 0.739. The van der Waals surface area contributed by atoms with Gasteiger partial charge in [0.25, 0.3) is 0 Å². The molecule has 0 bridgehead atoms. The number of carbonyl (C=O) groups excluding carboxylic acids is 2. The second-order valence-electron chi connectivity index (χ2n) is 6.35. The van der Waals surface area contributed by atoms with Gasteiger partial charge >= 0.3 is 6.03 Å². The highest BCUT2D eigenvalue weighted by molar-refractivity contribution is 7.84. The molecule has 7 heteroatoms. The van der Waals surface area contributed by atoms with Crippen molar-refractivity contribution in [3.63, 3.8) is 0 Å². The Balaban J connectivity index is 1.55. The lowest BCUT2D eigenvalue weighted by Gasteiger charge is -2.38. The average molecular weight is 335 g/mol. The molecule has 0 aliphatic carbocycles. The van der Waals surface area contributed by atoms with E-state index in [-0.39, 0.29) is 17.4 Å². The number of amides is 3. The fraction of sp³-hybridized carbons (Fsp3) is 0.500. The molecule has 124 valence electrons. The summed E-state index contributed by atoms with van der Waals surface area (Å²) in [6, 6.07) is 6.92. The maximum Gasteiger partial charge on any atom is 0.321 e. The van der Waals surface area contributed by atoms with Crippen LogP contribution in [0.5, 0.6) is 0 Å². The molecule has 0 saturated carbocycles. The fourth-order valence-corrected chi connectivity index (χ4v) is 3.74. The Bertz CT molecular complexity index is 636. The van der Waals surface area contributed by atoms with Crippen molar-refractivity contribution in [2.45, 2.75) is 24.2 Å². The van der Waals surface area contributed by atoms with Gasteiger partial charge in [-0.2, -0.15) is 0 Å². The first-order valence-corrected chi connectivity index (χ1v) is 9.29. The quantitative estimate of drug-likeness (QED) is 0.861. The molecule has 2 aliphatic rings. The van der Waals surface area contributed by atoms with Crippen molar-refractivity contribution in [1.29, 1.82) is 0 Å². The Hall–Kier alpha value is -1.89. The second kappa shape index (κ2) is 6.31. The van der Waals surface area contributed by atoms with Crippen LogP contribution >= 0.6 is 0 Å². The van der Waals surface area contributed by atoms with E-state index in [2.05, 4.69) is 10.6 Å². The van der Waals surface area contributed by atoms with E-state index in [4.69, 9.17) is 0 Å². The van der Waals surface area contributed by atoms with Crippen LogP contribution < -0.4 is 10.6 Å². The predicted octanol–water partition coefficient (Wildman–Crippen LogP) is 1.56. The number of benzene rings is 1. The summed E-state index contributed by atoms with van der Waals surface area (Å²) >= 11 is 0. The number of urea groups is 1. The van der Waals surface area contributed by atoms with E-state index in [0.717, 1.165) is 24.3 Å². The first-order valence-electron chi connectivity index (χ1n) is 7.74. The number of carbonyl (C=O) groups is 2. The molecule has 6 nitrogen and oxygen atoms in total. The Morgan fingerprint density at radius 1 is 1.26 bits per heavy atom. The molecule has 1 aromatic rings. The summed E-state index contributed by atoms with van der Waals surface area (Å²) in [5.74, 6) is 0.122. The van der Waals surface area contributed by atoms with Crippen LogP contribution in [-0.2, 0) is 15.6 Å². The Kier molecular flexibility index (Phi) is 4.39. The number of nitrogens with zero attached hydrogens (tertiary/aromatic N) is 1. The van der Waals surface area contributed by atoms with Crippen LogP contribution in [0, 0.1) is 5.41 Å². The summed E-state index contributed by atoms with van der Waals surface area (Å²) in [4.78, 5) is 26.3. The van der Waals surface area contributed by atoms with E-state index in [0.29, 0.717) is 25.2 Å². The molecule has 0 radical (unpaired) electrons. The summed E-state index contributed by atoms with van der Waals surface area (Å²) < 4.78 is 11.4. The number of anilines is 1. The third kappa shape index (κ3) is 3.55. The summed E-state index contributed by atoms with van der Waals surface area (Å²) in [6.07, 6.45) is 3.91. The summed E-state index contributed by atoms with van der Waals surface area (Å²) in [7, 11) is -1.02. The third-order valence-corrected chi connectivity index (χ3v) is 5.68. The molecule has 0 aromatic heterocycles. The molecule has 2 fully saturated rings. The lowest BCUT2D eigenvalue weighted by molar-refractivity contribution is -0.119. The van der Waals surface area contributed by atoms with Crippen LogP contribution in [0.3, 0.4) is 0 Å². The van der Waals surface area contributed by atoms with Crippen LogP contribution in [0.2, 0.25) is 0 Å². The topological polar surface area (TPSA) is 78.5 Å². The van der Waals surface area contributed by atoms with Crippen molar-refractivity contribution in [3.05, 3.63) is 24.3 Å². The van der Waals surface area contributed by atoms with Gasteiger partial charge in [0.15, 0.2) is 0 Å². The SMILES string of the molecule is CS(=O)c1ccc(NC(=O)N2CCC3(CC2)CNC(=O)C3)cc1. The van der Waals surface area contributed by atoms with Gasteiger partial charge in [-0.25, -0.2) is 4.79 Å². The van der Waals surface area contributed by atoms with Gasteiger partial charge in [-0.3, -0.25) is 9.00 Å². The van der Waals surface area contributed by atoms with Gasteiger partial charge in [-0.1, -0.05) is 0 Å². The number of likely N-dealkylation sites (tertiary alicyclic amines) is 1. The number of nitrogens with one attached hydrogen (secondary N) is 2. The van der Waals surface area contributed by atoms with Gasteiger partial charge in [-0.05, 0) is 42.5 Å². The van der Waals surface area contributed by atoms with E-state index in [1.165, 1.54) is 0 Å². The average Bonchev–Trinajstić information content (AvgIpc) is 2.89. The highest BCUT2D eigenvalue weighted by atomic mass is 32.2. The van der Waals surface area contributed by atoms with Crippen molar-refractivity contribution in [2.24, 2.45) is 5.41 Å². The second-order valence-corrected chi connectivity index (χ2v) is 7.73. The molecule has 2 N–H and O–H groups in total. The maximum atomic E-state index is 12.3. The zero-order valence-electron chi connectivity index (χ0n) is 13.1. The van der Waals surface area contributed by atoms with Gasteiger partial charge < -0.3 is 15.5 Å². The lowest BCUT2D eigenvalue weighted by Crippen LogP contribution is -2.45. The number of hydrogen-bond acceptors (Lipinski definition) is 3. The molecule has 23 heavy (non-hydrogen) atoms. The summed E-state index contributed by atoms with van der Waals surface area (Å²) in [5, 5.41) is 5.77. The van der Waals surface area contributed by atoms with Crippen molar-refractivity contribution in [3.8, 4) is 0 Å². The molecule has 3 amide bonds. The molecule has 2 heterocycles. The predicted molar refractivity (Wildman–Crippen MR) is 88.7 cm³/mol. The molecular weight excluding hydrogens is 314 g/mol. The van der Waals surface area contributed by atoms with Crippen LogP contribution in [0.4, 0.5) is 10.5 Å². The molecule has 2 aliphatic heterocycles. The minimum Gasteiger partial charge on any atom is -0.356 e. The van der Waals surface area contributed by atoms with Gasteiger partial charge in [0, 0.05) is 53.7 Å². The molecule has 2 saturated heterocycles. The zero-order chi connectivity index (χ0) is 16.4. The lowest BCUT2D eigenvalue weighted by atomic mass is 9.78. The smallest absolute Gasteiger partial charge is 0.321 e. The van der Waals surface area contributed by atoms with Crippen LogP contribution in [-0.4, -0.2) is 46.9 Å². The van der Waals surface area contributed by atoms with E-state index < -0.39 is 10.8 Å². The van der Waals surface area contributed by atoms with Crippen LogP contribution in [0.15, 0.2) is 29.2 Å². The summed E-state index contributed by atoms with van der Waals surface area (Å²) in [6.45, 7) is 2.06. The van der Waals surface area contributed by atoms with Gasteiger partial charge in [0.1, 0.15) is 0 Å². The maximum absolute atomic E-state index is 12.3. The van der Waals surface area contributed by atoms with Crippen molar-refractivity contribution in [2.75, 3.05) is 31.2 Å². The van der Waals surface area contributed by atoms with Gasteiger partial charge in [0.2, 0.25) is 5.91 Å². The standard InChI is InChI=1S/C16H21N3O3S/c1-23(22)13-4-2-12(3-5-13)18-15(21)19-8-6-16(7-9-19)10-14(20)17-11-16/h2-5H,6-11H2,1H3,(H,17,20)(H,18,21). The number of hydrogen-bond donors (Lipinski definition) is 2. The monoisotopic (exact) mass is 335 g/mol.